The SMILES string of the molecule is Cc1nc2ccc(-c3ccn4nc(N[C@H]5CC[C@@](C)(O)CC5)ncc34)nc2n1CC1COC1. The van der Waals surface area contributed by atoms with Crippen LogP contribution in [0.25, 0.3) is 27.9 Å². The van der Waals surface area contributed by atoms with Gasteiger partial charge in [0.05, 0.1) is 36.2 Å². The van der Waals surface area contributed by atoms with Crippen molar-refractivity contribution in [1.82, 2.24) is 29.1 Å². The lowest BCUT2D eigenvalue weighted by Gasteiger charge is -2.33. The van der Waals surface area contributed by atoms with Gasteiger partial charge in [0.25, 0.3) is 0 Å². The molecule has 1 saturated carbocycles. The molecule has 0 spiro atoms. The zero-order chi connectivity index (χ0) is 22.6. The van der Waals surface area contributed by atoms with Gasteiger partial charge in [0.15, 0.2) is 5.65 Å². The van der Waals surface area contributed by atoms with Gasteiger partial charge >= 0.3 is 0 Å². The molecular weight excluding hydrogens is 418 g/mol. The largest absolute Gasteiger partial charge is 0.390 e. The number of ether oxygens (including phenoxy) is 1. The van der Waals surface area contributed by atoms with E-state index in [0.29, 0.717) is 11.9 Å². The Balaban J connectivity index is 1.28. The Morgan fingerprint density at radius 1 is 1.18 bits per heavy atom. The van der Waals surface area contributed by atoms with Crippen molar-refractivity contribution in [3.63, 3.8) is 0 Å². The smallest absolute Gasteiger partial charge is 0.241 e. The molecule has 9 heteroatoms. The first-order chi connectivity index (χ1) is 15.9. The highest BCUT2D eigenvalue weighted by molar-refractivity contribution is 5.82. The van der Waals surface area contributed by atoms with Crippen LogP contribution in [-0.4, -0.2) is 59.1 Å². The van der Waals surface area contributed by atoms with Crippen molar-refractivity contribution in [2.24, 2.45) is 5.92 Å². The number of pyridine rings is 1. The molecule has 0 unspecified atom stereocenters. The summed E-state index contributed by atoms with van der Waals surface area (Å²) in [6, 6.07) is 6.37. The van der Waals surface area contributed by atoms with Crippen LogP contribution in [0.3, 0.4) is 0 Å². The summed E-state index contributed by atoms with van der Waals surface area (Å²) in [7, 11) is 0. The number of imidazole rings is 1. The molecule has 2 aliphatic rings. The van der Waals surface area contributed by atoms with E-state index in [0.717, 1.165) is 79.2 Å². The Kier molecular flexibility index (Phi) is 4.84. The van der Waals surface area contributed by atoms with E-state index in [1.807, 2.05) is 49.0 Å². The molecule has 4 aromatic rings. The van der Waals surface area contributed by atoms with Crippen LogP contribution in [0, 0.1) is 12.8 Å². The van der Waals surface area contributed by atoms with Gasteiger partial charge in [-0.05, 0) is 57.7 Å². The number of rotatable bonds is 5. The average Bonchev–Trinajstić information content (AvgIpc) is 3.31. The number of fused-ring (bicyclic) bond motifs is 2. The van der Waals surface area contributed by atoms with E-state index in [4.69, 9.17) is 14.7 Å². The molecule has 0 bridgehead atoms. The fourth-order valence-corrected chi connectivity index (χ4v) is 4.88. The van der Waals surface area contributed by atoms with Crippen LogP contribution in [0.2, 0.25) is 0 Å². The molecule has 2 fully saturated rings. The number of nitrogens with zero attached hydrogens (tertiary/aromatic N) is 6. The van der Waals surface area contributed by atoms with Crippen LogP contribution in [0.1, 0.15) is 38.4 Å². The molecule has 2 N–H and O–H groups in total. The van der Waals surface area contributed by atoms with Gasteiger partial charge in [-0.25, -0.2) is 19.5 Å². The molecule has 5 heterocycles. The summed E-state index contributed by atoms with van der Waals surface area (Å²) < 4.78 is 9.40. The van der Waals surface area contributed by atoms with Crippen molar-refractivity contribution in [2.45, 2.75) is 57.7 Å². The minimum absolute atomic E-state index is 0.284. The lowest BCUT2D eigenvalue weighted by atomic mass is 9.84. The molecule has 0 amide bonds. The van der Waals surface area contributed by atoms with Gasteiger partial charge in [0.1, 0.15) is 11.3 Å². The zero-order valence-electron chi connectivity index (χ0n) is 19.0. The quantitative estimate of drug-likeness (QED) is 0.484. The molecule has 9 nitrogen and oxygen atoms in total. The second kappa shape index (κ2) is 7.78. The first-order valence-electron chi connectivity index (χ1n) is 11.7. The highest BCUT2D eigenvalue weighted by Crippen LogP contribution is 2.30. The van der Waals surface area contributed by atoms with E-state index < -0.39 is 5.60 Å². The van der Waals surface area contributed by atoms with Crippen molar-refractivity contribution in [3.05, 3.63) is 36.4 Å². The number of aromatic nitrogens is 6. The van der Waals surface area contributed by atoms with Gasteiger partial charge < -0.3 is 19.7 Å². The van der Waals surface area contributed by atoms with Gasteiger partial charge in [0.2, 0.25) is 5.95 Å². The Bertz CT molecular complexity index is 1310. The van der Waals surface area contributed by atoms with Crippen molar-refractivity contribution < 1.29 is 9.84 Å². The molecule has 0 radical (unpaired) electrons. The Labute approximate surface area is 191 Å². The van der Waals surface area contributed by atoms with Gasteiger partial charge in [-0.15, -0.1) is 5.10 Å². The minimum atomic E-state index is -0.550. The number of aliphatic hydroxyl groups is 1. The zero-order valence-corrected chi connectivity index (χ0v) is 19.0. The number of aryl methyl sites for hydroxylation is 1. The second-order valence-electron chi connectivity index (χ2n) is 9.77. The van der Waals surface area contributed by atoms with Gasteiger partial charge in [0, 0.05) is 30.3 Å². The van der Waals surface area contributed by atoms with E-state index >= 15 is 0 Å². The van der Waals surface area contributed by atoms with Crippen LogP contribution in [-0.2, 0) is 11.3 Å². The van der Waals surface area contributed by atoms with Crippen LogP contribution in [0.5, 0.6) is 0 Å². The van der Waals surface area contributed by atoms with E-state index in [1.54, 1.807) is 0 Å². The number of nitrogens with one attached hydrogen (secondary N) is 1. The average molecular weight is 448 g/mol. The monoisotopic (exact) mass is 447 g/mol. The first-order valence-corrected chi connectivity index (χ1v) is 11.7. The van der Waals surface area contributed by atoms with E-state index in [2.05, 4.69) is 20.0 Å². The van der Waals surface area contributed by atoms with Gasteiger partial charge in [-0.3, -0.25) is 0 Å². The van der Waals surface area contributed by atoms with Crippen molar-refractivity contribution >= 4 is 22.6 Å². The number of hydrogen-bond acceptors (Lipinski definition) is 7. The van der Waals surface area contributed by atoms with Crippen LogP contribution in [0.15, 0.2) is 30.6 Å². The summed E-state index contributed by atoms with van der Waals surface area (Å²) in [5.74, 6) is 2.11. The maximum atomic E-state index is 10.2. The van der Waals surface area contributed by atoms with Crippen LogP contribution >= 0.6 is 0 Å². The fourth-order valence-electron chi connectivity index (χ4n) is 4.88. The highest BCUT2D eigenvalue weighted by atomic mass is 16.5. The number of hydrogen-bond donors (Lipinski definition) is 2. The summed E-state index contributed by atoms with van der Waals surface area (Å²) in [6.07, 6.45) is 7.20. The summed E-state index contributed by atoms with van der Waals surface area (Å²) in [4.78, 5) is 14.2. The first kappa shape index (κ1) is 20.6. The predicted molar refractivity (Wildman–Crippen MR) is 125 cm³/mol. The van der Waals surface area contributed by atoms with Gasteiger partial charge in [-0.1, -0.05) is 0 Å². The van der Waals surface area contributed by atoms with Crippen molar-refractivity contribution in [1.29, 1.82) is 0 Å². The molecule has 0 atom stereocenters. The topological polar surface area (TPSA) is 102 Å². The highest BCUT2D eigenvalue weighted by Gasteiger charge is 2.29. The third kappa shape index (κ3) is 3.85. The molecule has 1 aliphatic carbocycles. The maximum Gasteiger partial charge on any atom is 0.241 e. The van der Waals surface area contributed by atoms with Gasteiger partial charge in [-0.2, -0.15) is 0 Å². The summed E-state index contributed by atoms with van der Waals surface area (Å²) in [5, 5.41) is 18.3. The summed E-state index contributed by atoms with van der Waals surface area (Å²) >= 11 is 0. The normalized spacial score (nSPS) is 23.8. The van der Waals surface area contributed by atoms with Crippen LogP contribution in [0.4, 0.5) is 5.95 Å². The molecule has 1 saturated heterocycles. The molecular formula is C24H29N7O2. The van der Waals surface area contributed by atoms with E-state index in [-0.39, 0.29) is 6.04 Å². The molecule has 4 aromatic heterocycles. The Morgan fingerprint density at radius 3 is 2.76 bits per heavy atom. The second-order valence-corrected chi connectivity index (χ2v) is 9.77. The molecule has 33 heavy (non-hydrogen) atoms. The van der Waals surface area contributed by atoms with E-state index in [9.17, 15) is 5.11 Å². The predicted octanol–water partition coefficient (Wildman–Crippen LogP) is 3.20. The molecule has 1 aliphatic heterocycles. The van der Waals surface area contributed by atoms with Crippen LogP contribution < -0.4 is 5.32 Å². The third-order valence-electron chi connectivity index (χ3n) is 7.02. The Hall–Kier alpha value is -3.04. The van der Waals surface area contributed by atoms with Crippen molar-refractivity contribution in [2.75, 3.05) is 18.5 Å². The summed E-state index contributed by atoms with van der Waals surface area (Å²) in [6.45, 7) is 6.43. The lowest BCUT2D eigenvalue weighted by Crippen LogP contribution is -2.36. The number of anilines is 1. The molecule has 172 valence electrons. The Morgan fingerprint density at radius 2 is 2.00 bits per heavy atom. The third-order valence-corrected chi connectivity index (χ3v) is 7.02. The molecule has 0 aromatic carbocycles. The minimum Gasteiger partial charge on any atom is -0.390 e. The lowest BCUT2D eigenvalue weighted by molar-refractivity contribution is -0.0392. The maximum absolute atomic E-state index is 10.2. The molecule has 6 rings (SSSR count). The summed E-state index contributed by atoms with van der Waals surface area (Å²) in [5.41, 5.74) is 4.06. The fraction of sp³-hybridized carbons (Fsp3) is 0.500. The standard InChI is InChI=1S/C24H29N7O2/c1-15-26-20-4-3-19(28-22(20)30(15)12-16-13-33-14-16)18-7-10-31-21(18)11-25-23(29-31)27-17-5-8-24(2,32)9-6-17/h3-4,7,10-11,16-17,32H,5-6,8-9,12-14H2,1-2H3,(H,27,29)/t17-,24+. The van der Waals surface area contributed by atoms with E-state index in [1.165, 1.54) is 0 Å². The van der Waals surface area contributed by atoms with Crippen molar-refractivity contribution in [3.8, 4) is 11.3 Å².